The van der Waals surface area contributed by atoms with Crippen LogP contribution in [0.5, 0.6) is 11.5 Å². The number of hydrogen-bond donors (Lipinski definition) is 3. The van der Waals surface area contributed by atoms with E-state index >= 15 is 0 Å². The fourth-order valence-electron chi connectivity index (χ4n) is 7.09. The van der Waals surface area contributed by atoms with Gasteiger partial charge >= 0.3 is 0 Å². The van der Waals surface area contributed by atoms with Crippen LogP contribution in [-0.2, 0) is 16.1 Å². The lowest BCUT2D eigenvalue weighted by atomic mass is 9.77. The Hall–Kier alpha value is -3.43. The first-order valence-corrected chi connectivity index (χ1v) is 15.9. The normalized spacial score (nSPS) is 23.6. The van der Waals surface area contributed by atoms with Crippen molar-refractivity contribution in [2.75, 3.05) is 26.7 Å². The SMILES string of the molecule is CNC(=O)c1ccc(Oc2ccc(CN3CCC4(CC3)C(=O)N[C@H](CC3(O)CCCCC3)C(=O)N4CC3CC3)cc2)cc1. The molecule has 1 atom stereocenters. The van der Waals surface area contributed by atoms with Crippen molar-refractivity contribution in [3.8, 4) is 11.5 Å². The van der Waals surface area contributed by atoms with E-state index in [-0.39, 0.29) is 17.7 Å². The Bertz CT molecular complexity index is 1310. The molecule has 2 aromatic rings. The molecule has 0 aromatic heterocycles. The average molecular weight is 589 g/mol. The summed E-state index contributed by atoms with van der Waals surface area (Å²) in [6.45, 7) is 2.86. The monoisotopic (exact) mass is 588 g/mol. The third-order valence-corrected chi connectivity index (χ3v) is 9.91. The number of aliphatic hydroxyl groups is 1. The van der Waals surface area contributed by atoms with E-state index in [4.69, 9.17) is 4.74 Å². The Kier molecular flexibility index (Phi) is 8.47. The van der Waals surface area contributed by atoms with Crippen molar-refractivity contribution in [3.05, 3.63) is 59.7 Å². The van der Waals surface area contributed by atoms with Gasteiger partial charge in [-0.25, -0.2) is 0 Å². The van der Waals surface area contributed by atoms with Gasteiger partial charge in [-0.1, -0.05) is 31.4 Å². The predicted octanol–water partition coefficient (Wildman–Crippen LogP) is 4.00. The Morgan fingerprint density at radius 3 is 2.19 bits per heavy atom. The molecule has 6 rings (SSSR count). The van der Waals surface area contributed by atoms with Gasteiger partial charge in [0.2, 0.25) is 11.8 Å². The minimum Gasteiger partial charge on any atom is -0.457 e. The molecule has 0 unspecified atom stereocenters. The number of carbonyl (C=O) groups excluding carboxylic acids is 3. The van der Waals surface area contributed by atoms with Crippen LogP contribution in [0.25, 0.3) is 0 Å². The maximum Gasteiger partial charge on any atom is 0.251 e. The molecule has 9 nitrogen and oxygen atoms in total. The third kappa shape index (κ3) is 6.58. The highest BCUT2D eigenvalue weighted by Crippen LogP contribution is 2.40. The molecule has 230 valence electrons. The molecule has 0 bridgehead atoms. The molecule has 2 heterocycles. The van der Waals surface area contributed by atoms with Gasteiger partial charge in [0.25, 0.3) is 5.91 Å². The maximum atomic E-state index is 13.9. The molecule has 9 heteroatoms. The van der Waals surface area contributed by atoms with Gasteiger partial charge in [-0.2, -0.15) is 0 Å². The van der Waals surface area contributed by atoms with Gasteiger partial charge in [-0.3, -0.25) is 19.3 Å². The second kappa shape index (κ2) is 12.3. The minimum atomic E-state index is -0.858. The summed E-state index contributed by atoms with van der Waals surface area (Å²) in [6, 6.07) is 14.4. The Morgan fingerprint density at radius 2 is 1.58 bits per heavy atom. The number of ether oxygens (including phenoxy) is 1. The predicted molar refractivity (Wildman–Crippen MR) is 163 cm³/mol. The van der Waals surface area contributed by atoms with E-state index in [1.165, 1.54) is 0 Å². The van der Waals surface area contributed by atoms with E-state index < -0.39 is 17.2 Å². The molecule has 1 spiro atoms. The van der Waals surface area contributed by atoms with E-state index in [1.807, 2.05) is 17.0 Å². The van der Waals surface area contributed by atoms with Crippen molar-refractivity contribution in [1.82, 2.24) is 20.4 Å². The molecule has 3 N–H and O–H groups in total. The molecule has 43 heavy (non-hydrogen) atoms. The molecule has 4 fully saturated rings. The van der Waals surface area contributed by atoms with Crippen LogP contribution in [0.1, 0.15) is 80.1 Å². The number of benzene rings is 2. The highest BCUT2D eigenvalue weighted by molar-refractivity contribution is 6.00. The second-order valence-corrected chi connectivity index (χ2v) is 13.1. The van der Waals surface area contributed by atoms with Crippen LogP contribution < -0.4 is 15.4 Å². The van der Waals surface area contributed by atoms with Gasteiger partial charge in [0.1, 0.15) is 23.1 Å². The lowest BCUT2D eigenvalue weighted by Gasteiger charge is -2.52. The molecule has 3 amide bonds. The second-order valence-electron chi connectivity index (χ2n) is 13.1. The molecule has 2 aliphatic heterocycles. The number of likely N-dealkylation sites (tertiary alicyclic amines) is 1. The number of hydrogen-bond acceptors (Lipinski definition) is 6. The first kappa shape index (κ1) is 29.6. The molecule has 0 radical (unpaired) electrons. The van der Waals surface area contributed by atoms with E-state index in [2.05, 4.69) is 27.7 Å². The van der Waals surface area contributed by atoms with E-state index in [0.29, 0.717) is 55.9 Å². The zero-order valence-corrected chi connectivity index (χ0v) is 25.1. The fraction of sp³-hybridized carbons (Fsp3) is 0.559. The lowest BCUT2D eigenvalue weighted by molar-refractivity contribution is -0.164. The largest absolute Gasteiger partial charge is 0.457 e. The summed E-state index contributed by atoms with van der Waals surface area (Å²) in [6.07, 6.45) is 8.25. The number of piperidine rings is 1. The summed E-state index contributed by atoms with van der Waals surface area (Å²) in [4.78, 5) is 43.7. The van der Waals surface area contributed by atoms with Crippen LogP contribution >= 0.6 is 0 Å². The number of nitrogens with zero attached hydrogens (tertiary/aromatic N) is 2. The summed E-state index contributed by atoms with van der Waals surface area (Å²) in [5.41, 5.74) is 0.0747. The van der Waals surface area contributed by atoms with Crippen LogP contribution in [0.2, 0.25) is 0 Å². The third-order valence-electron chi connectivity index (χ3n) is 9.91. The van der Waals surface area contributed by atoms with Gasteiger partial charge in [0.05, 0.1) is 5.60 Å². The molecular formula is C34H44N4O5. The molecular weight excluding hydrogens is 544 g/mol. The summed E-state index contributed by atoms with van der Waals surface area (Å²) in [7, 11) is 1.60. The number of nitrogens with one attached hydrogen (secondary N) is 2. The number of piperazine rings is 1. The zero-order chi connectivity index (χ0) is 30.0. The Morgan fingerprint density at radius 1 is 0.953 bits per heavy atom. The zero-order valence-electron chi connectivity index (χ0n) is 25.1. The van der Waals surface area contributed by atoms with Crippen LogP contribution in [0.15, 0.2) is 48.5 Å². The van der Waals surface area contributed by atoms with Crippen molar-refractivity contribution in [2.45, 2.75) is 87.9 Å². The molecule has 2 aliphatic carbocycles. The van der Waals surface area contributed by atoms with E-state index in [9.17, 15) is 19.5 Å². The summed E-state index contributed by atoms with van der Waals surface area (Å²) < 4.78 is 5.96. The van der Waals surface area contributed by atoms with Crippen LogP contribution in [0.3, 0.4) is 0 Å². The number of rotatable bonds is 9. The van der Waals surface area contributed by atoms with Gasteiger partial charge in [-0.15, -0.1) is 0 Å². The van der Waals surface area contributed by atoms with Crippen LogP contribution in [-0.4, -0.2) is 76.5 Å². The molecule has 2 aromatic carbocycles. The summed E-state index contributed by atoms with van der Waals surface area (Å²) >= 11 is 0. The Balaban J connectivity index is 1.06. The van der Waals surface area contributed by atoms with E-state index in [0.717, 1.165) is 63.1 Å². The number of amides is 3. The quantitative estimate of drug-likeness (QED) is 0.409. The van der Waals surface area contributed by atoms with Gasteiger partial charge in [-0.05, 0) is 86.4 Å². The topological polar surface area (TPSA) is 111 Å². The van der Waals surface area contributed by atoms with Crippen molar-refractivity contribution in [3.63, 3.8) is 0 Å². The summed E-state index contributed by atoms with van der Waals surface area (Å²) in [5.74, 6) is 1.68. The van der Waals surface area contributed by atoms with Crippen LogP contribution in [0, 0.1) is 5.92 Å². The summed E-state index contributed by atoms with van der Waals surface area (Å²) in [5, 5.41) is 16.9. The highest BCUT2D eigenvalue weighted by Gasteiger charge is 2.55. The van der Waals surface area contributed by atoms with Gasteiger partial charge in [0.15, 0.2) is 0 Å². The molecule has 2 saturated heterocycles. The smallest absolute Gasteiger partial charge is 0.251 e. The van der Waals surface area contributed by atoms with Crippen molar-refractivity contribution >= 4 is 17.7 Å². The van der Waals surface area contributed by atoms with Crippen LogP contribution in [0.4, 0.5) is 0 Å². The van der Waals surface area contributed by atoms with Gasteiger partial charge in [0, 0.05) is 45.2 Å². The number of carbonyl (C=O) groups is 3. The van der Waals surface area contributed by atoms with E-state index in [1.54, 1.807) is 31.3 Å². The standard InChI is InChI=1S/C34H44N4O5/c1-35-30(39)26-9-13-28(14-10-26)43-27-11-7-24(8-12-27)22-37-19-17-34(18-20-37)32(41)36-29(21-33(42)15-3-2-4-16-33)31(40)38(34)23-25-5-6-25/h7-14,25,29,42H,2-6,15-23H2,1H3,(H,35,39)(H,36,41)/t29-/m1/s1. The lowest BCUT2D eigenvalue weighted by Crippen LogP contribution is -2.73. The Labute approximate surface area is 254 Å². The van der Waals surface area contributed by atoms with Crippen molar-refractivity contribution in [2.24, 2.45) is 5.92 Å². The molecule has 2 saturated carbocycles. The first-order chi connectivity index (χ1) is 20.8. The first-order valence-electron chi connectivity index (χ1n) is 15.9. The minimum absolute atomic E-state index is 0.00203. The average Bonchev–Trinajstić information content (AvgIpc) is 3.85. The van der Waals surface area contributed by atoms with Crippen molar-refractivity contribution in [1.29, 1.82) is 0 Å². The van der Waals surface area contributed by atoms with Crippen molar-refractivity contribution < 1.29 is 24.2 Å². The molecule has 4 aliphatic rings. The highest BCUT2D eigenvalue weighted by atomic mass is 16.5. The fourth-order valence-corrected chi connectivity index (χ4v) is 7.09. The van der Waals surface area contributed by atoms with Gasteiger partial charge < -0.3 is 25.4 Å². The maximum absolute atomic E-state index is 13.9.